The molecule has 5 nitrogen and oxygen atoms in total. The Morgan fingerprint density at radius 3 is 2.86 bits per heavy atom. The summed E-state index contributed by atoms with van der Waals surface area (Å²) in [6.07, 6.45) is 3.64. The Bertz CT molecular complexity index is 723. The number of nitrogens with zero attached hydrogens (tertiary/aromatic N) is 3. The van der Waals surface area contributed by atoms with E-state index in [9.17, 15) is 0 Å². The Balaban J connectivity index is 1.71. The highest BCUT2D eigenvalue weighted by molar-refractivity contribution is 5.46. The number of aromatic nitrogens is 3. The van der Waals surface area contributed by atoms with Crippen molar-refractivity contribution in [2.24, 2.45) is 0 Å². The molecule has 2 aromatic heterocycles. The van der Waals surface area contributed by atoms with Crippen molar-refractivity contribution >= 4 is 11.5 Å². The molecule has 5 heteroatoms. The van der Waals surface area contributed by atoms with Gasteiger partial charge >= 0.3 is 0 Å². The molecule has 1 N–H and O–H groups in total. The van der Waals surface area contributed by atoms with Crippen LogP contribution in [-0.2, 0) is 17.9 Å². The molecule has 0 unspecified atom stereocenters. The van der Waals surface area contributed by atoms with Crippen LogP contribution in [0.2, 0.25) is 0 Å². The predicted molar refractivity (Wildman–Crippen MR) is 82.1 cm³/mol. The molecule has 0 atom stereocenters. The van der Waals surface area contributed by atoms with Crippen LogP contribution in [0.15, 0.2) is 48.8 Å². The van der Waals surface area contributed by atoms with Crippen molar-refractivity contribution in [1.82, 2.24) is 14.6 Å². The van der Waals surface area contributed by atoms with E-state index in [1.54, 1.807) is 10.7 Å². The molecule has 0 aliphatic carbocycles. The van der Waals surface area contributed by atoms with Gasteiger partial charge in [-0.3, -0.25) is 0 Å². The SMILES string of the molecule is CCOCc1ccccc1CNc1ccn2nccc2n1. The minimum Gasteiger partial charge on any atom is -0.377 e. The van der Waals surface area contributed by atoms with Gasteiger partial charge in [0.25, 0.3) is 0 Å². The number of ether oxygens (including phenoxy) is 1. The molecule has 21 heavy (non-hydrogen) atoms. The standard InChI is InChI=1S/C16H18N4O/c1-2-21-12-14-6-4-3-5-13(14)11-17-15-8-10-20-16(19-15)7-9-18-20/h3-10H,2,11-12H2,1H3,(H,17,19). The molecule has 0 aliphatic rings. The smallest absolute Gasteiger partial charge is 0.157 e. The van der Waals surface area contributed by atoms with Crippen molar-refractivity contribution in [3.05, 3.63) is 59.9 Å². The van der Waals surface area contributed by atoms with Crippen molar-refractivity contribution in [1.29, 1.82) is 0 Å². The first kappa shape index (κ1) is 13.6. The van der Waals surface area contributed by atoms with Crippen molar-refractivity contribution < 1.29 is 4.74 Å². The molecule has 108 valence electrons. The zero-order valence-electron chi connectivity index (χ0n) is 12.0. The van der Waals surface area contributed by atoms with Crippen LogP contribution >= 0.6 is 0 Å². The zero-order valence-corrected chi connectivity index (χ0v) is 12.0. The highest BCUT2D eigenvalue weighted by Crippen LogP contribution is 2.13. The molecule has 0 aliphatic heterocycles. The Hall–Kier alpha value is -2.40. The van der Waals surface area contributed by atoms with E-state index in [1.807, 2.05) is 37.4 Å². The summed E-state index contributed by atoms with van der Waals surface area (Å²) < 4.78 is 7.25. The summed E-state index contributed by atoms with van der Waals surface area (Å²) in [5, 5.41) is 7.49. The van der Waals surface area contributed by atoms with E-state index in [2.05, 4.69) is 27.5 Å². The summed E-state index contributed by atoms with van der Waals surface area (Å²) in [4.78, 5) is 4.50. The monoisotopic (exact) mass is 282 g/mol. The molecule has 3 rings (SSSR count). The average Bonchev–Trinajstić information content (AvgIpc) is 2.99. The van der Waals surface area contributed by atoms with Gasteiger partial charge in [0.2, 0.25) is 0 Å². The molecular formula is C16H18N4O. The van der Waals surface area contributed by atoms with Gasteiger partial charge in [-0.2, -0.15) is 5.10 Å². The molecule has 0 bridgehead atoms. The van der Waals surface area contributed by atoms with Crippen LogP contribution in [0.4, 0.5) is 5.82 Å². The number of hydrogen-bond acceptors (Lipinski definition) is 4. The molecule has 0 fully saturated rings. The number of benzene rings is 1. The third-order valence-corrected chi connectivity index (χ3v) is 3.30. The first-order valence-electron chi connectivity index (χ1n) is 7.05. The highest BCUT2D eigenvalue weighted by Gasteiger charge is 2.03. The summed E-state index contributed by atoms with van der Waals surface area (Å²) in [5.74, 6) is 0.842. The second-order valence-electron chi connectivity index (χ2n) is 4.71. The topological polar surface area (TPSA) is 51.5 Å². The third-order valence-electron chi connectivity index (χ3n) is 3.30. The Labute approximate surface area is 123 Å². The molecule has 2 heterocycles. The third kappa shape index (κ3) is 3.20. The van der Waals surface area contributed by atoms with Gasteiger partial charge in [-0.05, 0) is 24.1 Å². The van der Waals surface area contributed by atoms with Gasteiger partial charge in [0, 0.05) is 25.4 Å². The lowest BCUT2D eigenvalue weighted by Gasteiger charge is -2.11. The van der Waals surface area contributed by atoms with Crippen LogP contribution in [0.25, 0.3) is 5.65 Å². The van der Waals surface area contributed by atoms with Crippen molar-refractivity contribution in [2.45, 2.75) is 20.1 Å². The highest BCUT2D eigenvalue weighted by atomic mass is 16.5. The number of hydrogen-bond donors (Lipinski definition) is 1. The second-order valence-corrected chi connectivity index (χ2v) is 4.71. The molecule has 0 saturated heterocycles. The fourth-order valence-electron chi connectivity index (χ4n) is 2.18. The maximum atomic E-state index is 5.50. The minimum absolute atomic E-state index is 0.642. The lowest BCUT2D eigenvalue weighted by molar-refractivity contribution is 0.133. The van der Waals surface area contributed by atoms with E-state index >= 15 is 0 Å². The van der Waals surface area contributed by atoms with E-state index in [0.29, 0.717) is 6.61 Å². The molecular weight excluding hydrogens is 264 g/mol. The molecule has 0 amide bonds. The van der Waals surface area contributed by atoms with Gasteiger partial charge in [-0.1, -0.05) is 24.3 Å². The fourth-order valence-corrected chi connectivity index (χ4v) is 2.18. The number of anilines is 1. The minimum atomic E-state index is 0.642. The van der Waals surface area contributed by atoms with E-state index < -0.39 is 0 Å². The van der Waals surface area contributed by atoms with Gasteiger partial charge in [-0.15, -0.1) is 0 Å². The molecule has 0 radical (unpaired) electrons. The van der Waals surface area contributed by atoms with Crippen molar-refractivity contribution in [3.8, 4) is 0 Å². The largest absolute Gasteiger partial charge is 0.377 e. The first-order chi connectivity index (χ1) is 10.4. The molecule has 3 aromatic rings. The van der Waals surface area contributed by atoms with Crippen LogP contribution < -0.4 is 5.32 Å². The van der Waals surface area contributed by atoms with Crippen LogP contribution in [0.1, 0.15) is 18.1 Å². The zero-order chi connectivity index (χ0) is 14.5. The van der Waals surface area contributed by atoms with E-state index in [1.165, 1.54) is 11.1 Å². The summed E-state index contributed by atoms with van der Waals surface area (Å²) in [5.41, 5.74) is 3.26. The normalized spacial score (nSPS) is 10.9. The van der Waals surface area contributed by atoms with E-state index in [-0.39, 0.29) is 0 Å². The number of fused-ring (bicyclic) bond motifs is 1. The Morgan fingerprint density at radius 1 is 1.14 bits per heavy atom. The maximum absolute atomic E-state index is 5.50. The van der Waals surface area contributed by atoms with Gasteiger partial charge in [-0.25, -0.2) is 9.50 Å². The molecule has 1 aromatic carbocycles. The molecule has 0 spiro atoms. The average molecular weight is 282 g/mol. The predicted octanol–water partition coefficient (Wildman–Crippen LogP) is 2.88. The van der Waals surface area contributed by atoms with Gasteiger partial charge in [0.05, 0.1) is 12.8 Å². The lowest BCUT2D eigenvalue weighted by atomic mass is 10.1. The van der Waals surface area contributed by atoms with Gasteiger partial charge < -0.3 is 10.1 Å². The Morgan fingerprint density at radius 2 is 2.00 bits per heavy atom. The van der Waals surface area contributed by atoms with Crippen LogP contribution in [0, 0.1) is 0 Å². The Kier molecular flexibility index (Phi) is 4.12. The van der Waals surface area contributed by atoms with Crippen LogP contribution in [0.3, 0.4) is 0 Å². The second kappa shape index (κ2) is 6.37. The summed E-state index contributed by atoms with van der Waals surface area (Å²) in [6.45, 7) is 4.09. The molecule has 0 saturated carbocycles. The quantitative estimate of drug-likeness (QED) is 0.755. The number of rotatable bonds is 6. The maximum Gasteiger partial charge on any atom is 0.157 e. The summed E-state index contributed by atoms with van der Waals surface area (Å²) in [7, 11) is 0. The van der Waals surface area contributed by atoms with E-state index in [0.717, 1.165) is 24.6 Å². The first-order valence-corrected chi connectivity index (χ1v) is 7.05. The van der Waals surface area contributed by atoms with Gasteiger partial charge in [0.1, 0.15) is 5.82 Å². The van der Waals surface area contributed by atoms with Gasteiger partial charge in [0.15, 0.2) is 5.65 Å². The summed E-state index contributed by atoms with van der Waals surface area (Å²) in [6, 6.07) is 12.1. The summed E-state index contributed by atoms with van der Waals surface area (Å²) >= 11 is 0. The number of nitrogens with one attached hydrogen (secondary N) is 1. The van der Waals surface area contributed by atoms with Crippen LogP contribution in [0.5, 0.6) is 0 Å². The fraction of sp³-hybridized carbons (Fsp3) is 0.250. The lowest BCUT2D eigenvalue weighted by Crippen LogP contribution is -2.06. The van der Waals surface area contributed by atoms with Crippen molar-refractivity contribution in [3.63, 3.8) is 0 Å². The van der Waals surface area contributed by atoms with Crippen molar-refractivity contribution in [2.75, 3.05) is 11.9 Å². The van der Waals surface area contributed by atoms with Crippen LogP contribution in [-0.4, -0.2) is 21.2 Å². The van der Waals surface area contributed by atoms with E-state index in [4.69, 9.17) is 4.74 Å².